The Labute approximate surface area is 99.4 Å². The third kappa shape index (κ3) is 3.40. The smallest absolute Gasteiger partial charge is 0.253 e. The molecule has 0 aromatic heterocycles. The van der Waals surface area contributed by atoms with Gasteiger partial charge in [0.1, 0.15) is 0 Å². The highest BCUT2D eigenvalue weighted by atomic mass is 35.5. The van der Waals surface area contributed by atoms with E-state index in [9.17, 15) is 4.79 Å². The van der Waals surface area contributed by atoms with Crippen LogP contribution in [0.2, 0.25) is 5.02 Å². The average molecular weight is 243 g/mol. The number of hydrogen-bond donors (Lipinski definition) is 3. The molecule has 0 bridgehead atoms. The number of aliphatic hydroxyl groups is 1. The second-order valence-electron chi connectivity index (χ2n) is 3.62. The van der Waals surface area contributed by atoms with E-state index in [1.54, 1.807) is 12.1 Å². The third-order valence-corrected chi connectivity index (χ3v) is 2.43. The fourth-order valence-corrected chi connectivity index (χ4v) is 1.49. The van der Waals surface area contributed by atoms with Crippen LogP contribution in [0.25, 0.3) is 0 Å². The molecule has 0 spiro atoms. The Hall–Kier alpha value is -1.26. The van der Waals surface area contributed by atoms with Crippen molar-refractivity contribution in [2.24, 2.45) is 0 Å². The lowest BCUT2D eigenvalue weighted by Crippen LogP contribution is -2.33. The van der Waals surface area contributed by atoms with Crippen molar-refractivity contribution in [3.63, 3.8) is 0 Å². The number of aliphatic hydroxyl groups excluding tert-OH is 1. The zero-order valence-electron chi connectivity index (χ0n) is 9.03. The van der Waals surface area contributed by atoms with Gasteiger partial charge in [0.2, 0.25) is 0 Å². The van der Waals surface area contributed by atoms with Gasteiger partial charge in [-0.1, -0.05) is 11.6 Å². The third-order valence-electron chi connectivity index (χ3n) is 2.20. The van der Waals surface area contributed by atoms with E-state index in [2.05, 4.69) is 5.32 Å². The van der Waals surface area contributed by atoms with Crippen LogP contribution in [-0.4, -0.2) is 23.7 Å². The number of benzene rings is 1. The predicted octanol–water partition coefficient (Wildman–Crippen LogP) is 1.42. The largest absolute Gasteiger partial charge is 0.398 e. The van der Waals surface area contributed by atoms with Gasteiger partial charge in [0.15, 0.2) is 0 Å². The summed E-state index contributed by atoms with van der Waals surface area (Å²) in [5, 5.41) is 12.0. The minimum atomic E-state index is -0.255. The van der Waals surface area contributed by atoms with Crippen molar-refractivity contribution in [3.8, 4) is 0 Å². The van der Waals surface area contributed by atoms with E-state index in [4.69, 9.17) is 22.4 Å². The molecule has 0 saturated carbocycles. The van der Waals surface area contributed by atoms with Gasteiger partial charge in [-0.25, -0.2) is 0 Å². The van der Waals surface area contributed by atoms with Crippen molar-refractivity contribution in [3.05, 3.63) is 28.8 Å². The summed E-state index contributed by atoms with van der Waals surface area (Å²) >= 11 is 5.73. The van der Waals surface area contributed by atoms with Gasteiger partial charge in [0.05, 0.1) is 5.56 Å². The Morgan fingerprint density at radius 2 is 2.31 bits per heavy atom. The number of carbonyl (C=O) groups excluding carboxylic acids is 1. The molecule has 0 heterocycles. The van der Waals surface area contributed by atoms with E-state index < -0.39 is 0 Å². The first kappa shape index (κ1) is 12.8. The molecule has 0 aliphatic rings. The molecule has 0 radical (unpaired) electrons. The van der Waals surface area contributed by atoms with Crippen LogP contribution in [-0.2, 0) is 0 Å². The summed E-state index contributed by atoms with van der Waals surface area (Å²) in [6, 6.07) is 4.64. The van der Waals surface area contributed by atoms with Crippen LogP contribution < -0.4 is 11.1 Å². The maximum absolute atomic E-state index is 11.7. The lowest BCUT2D eigenvalue weighted by molar-refractivity contribution is 0.0935. The van der Waals surface area contributed by atoms with E-state index in [-0.39, 0.29) is 18.6 Å². The van der Waals surface area contributed by atoms with Crippen molar-refractivity contribution >= 4 is 23.2 Å². The van der Waals surface area contributed by atoms with Gasteiger partial charge in [0, 0.05) is 23.4 Å². The molecule has 4 N–H and O–H groups in total. The number of nitrogen functional groups attached to an aromatic ring is 1. The van der Waals surface area contributed by atoms with Gasteiger partial charge in [-0.3, -0.25) is 4.79 Å². The molecule has 88 valence electrons. The van der Waals surface area contributed by atoms with Gasteiger partial charge >= 0.3 is 0 Å². The summed E-state index contributed by atoms with van der Waals surface area (Å²) in [5.74, 6) is -0.255. The number of nitrogens with one attached hydrogen (secondary N) is 1. The molecule has 16 heavy (non-hydrogen) atoms. The van der Waals surface area contributed by atoms with E-state index in [1.165, 1.54) is 6.07 Å². The molecular formula is C11H15ClN2O2. The van der Waals surface area contributed by atoms with Crippen molar-refractivity contribution in [1.29, 1.82) is 0 Å². The summed E-state index contributed by atoms with van der Waals surface area (Å²) in [5.41, 5.74) is 6.42. The first-order valence-electron chi connectivity index (χ1n) is 5.01. The molecule has 1 rings (SSSR count). The lowest BCUT2D eigenvalue weighted by Gasteiger charge is -2.13. The molecule has 4 nitrogen and oxygen atoms in total. The van der Waals surface area contributed by atoms with Crippen molar-refractivity contribution in [2.45, 2.75) is 19.4 Å². The number of amides is 1. The minimum absolute atomic E-state index is 0.0392. The highest BCUT2D eigenvalue weighted by Gasteiger charge is 2.12. The zero-order chi connectivity index (χ0) is 12.1. The van der Waals surface area contributed by atoms with Gasteiger partial charge < -0.3 is 16.2 Å². The molecule has 5 heteroatoms. The van der Waals surface area contributed by atoms with Gasteiger partial charge in [-0.05, 0) is 31.5 Å². The molecule has 1 aromatic carbocycles. The van der Waals surface area contributed by atoms with E-state index in [0.717, 1.165) is 0 Å². The topological polar surface area (TPSA) is 75.3 Å². The van der Waals surface area contributed by atoms with Crippen LogP contribution in [0.4, 0.5) is 5.69 Å². The monoisotopic (exact) mass is 242 g/mol. The Morgan fingerprint density at radius 3 is 2.88 bits per heavy atom. The number of nitrogens with two attached hydrogens (primary N) is 1. The Morgan fingerprint density at radius 1 is 1.62 bits per heavy atom. The SMILES string of the molecule is CC(CCO)NC(=O)c1ccc(Cl)cc1N. The van der Waals surface area contributed by atoms with Gasteiger partial charge in [0.25, 0.3) is 5.91 Å². The number of anilines is 1. The van der Waals surface area contributed by atoms with Gasteiger partial charge in [-0.15, -0.1) is 0 Å². The molecule has 0 fully saturated rings. The standard InChI is InChI=1S/C11H15ClN2O2/c1-7(4-5-15)14-11(16)9-3-2-8(12)6-10(9)13/h2-3,6-7,15H,4-5,13H2,1H3,(H,14,16). The summed E-state index contributed by atoms with van der Waals surface area (Å²) in [4.78, 5) is 11.7. The van der Waals surface area contributed by atoms with Crippen LogP contribution in [0, 0.1) is 0 Å². The average Bonchev–Trinajstić information content (AvgIpc) is 2.17. The quantitative estimate of drug-likeness (QED) is 0.699. The maximum atomic E-state index is 11.7. The van der Waals surface area contributed by atoms with Crippen molar-refractivity contribution < 1.29 is 9.90 Å². The Bertz CT molecular complexity index is 382. The van der Waals surface area contributed by atoms with Crippen LogP contribution in [0.15, 0.2) is 18.2 Å². The maximum Gasteiger partial charge on any atom is 0.253 e. The molecule has 1 amide bonds. The molecule has 0 aliphatic carbocycles. The fraction of sp³-hybridized carbons (Fsp3) is 0.364. The lowest BCUT2D eigenvalue weighted by atomic mass is 10.1. The molecular weight excluding hydrogens is 228 g/mol. The Kier molecular flexibility index (Phi) is 4.58. The minimum Gasteiger partial charge on any atom is -0.398 e. The molecule has 0 aliphatic heterocycles. The van der Waals surface area contributed by atoms with Crippen LogP contribution >= 0.6 is 11.6 Å². The number of halogens is 1. The predicted molar refractivity (Wildman–Crippen MR) is 64.5 cm³/mol. The number of carbonyl (C=O) groups is 1. The fourth-order valence-electron chi connectivity index (χ4n) is 1.31. The van der Waals surface area contributed by atoms with Gasteiger partial charge in [-0.2, -0.15) is 0 Å². The molecule has 1 atom stereocenters. The highest BCUT2D eigenvalue weighted by molar-refractivity contribution is 6.31. The second-order valence-corrected chi connectivity index (χ2v) is 4.05. The highest BCUT2D eigenvalue weighted by Crippen LogP contribution is 2.17. The first-order valence-corrected chi connectivity index (χ1v) is 5.39. The van der Waals surface area contributed by atoms with Crippen LogP contribution in [0.5, 0.6) is 0 Å². The molecule has 0 saturated heterocycles. The molecule has 1 aromatic rings. The van der Waals surface area contributed by atoms with Crippen molar-refractivity contribution in [1.82, 2.24) is 5.32 Å². The summed E-state index contributed by atoms with van der Waals surface area (Å²) in [6.07, 6.45) is 0.513. The van der Waals surface area contributed by atoms with E-state index >= 15 is 0 Å². The summed E-state index contributed by atoms with van der Waals surface area (Å²) in [7, 11) is 0. The summed E-state index contributed by atoms with van der Waals surface area (Å²) < 4.78 is 0. The number of rotatable bonds is 4. The van der Waals surface area contributed by atoms with Crippen LogP contribution in [0.3, 0.4) is 0 Å². The summed E-state index contributed by atoms with van der Waals surface area (Å²) in [6.45, 7) is 1.86. The number of hydrogen-bond acceptors (Lipinski definition) is 3. The van der Waals surface area contributed by atoms with Crippen molar-refractivity contribution in [2.75, 3.05) is 12.3 Å². The second kappa shape index (κ2) is 5.72. The van der Waals surface area contributed by atoms with E-state index in [0.29, 0.717) is 22.7 Å². The van der Waals surface area contributed by atoms with E-state index in [1.807, 2.05) is 6.92 Å². The Balaban J connectivity index is 2.73. The zero-order valence-corrected chi connectivity index (χ0v) is 9.79. The normalized spacial score (nSPS) is 12.2. The first-order chi connectivity index (χ1) is 7.54. The molecule has 1 unspecified atom stereocenters. The van der Waals surface area contributed by atoms with Crippen LogP contribution in [0.1, 0.15) is 23.7 Å².